The topological polar surface area (TPSA) is 74.0 Å². The van der Waals surface area contributed by atoms with E-state index in [4.69, 9.17) is 9.97 Å². The minimum atomic E-state index is -0.750. The zero-order valence-corrected chi connectivity index (χ0v) is 66.5. The van der Waals surface area contributed by atoms with Gasteiger partial charge >= 0.3 is 29.6 Å². The molecule has 0 aliphatic carbocycles. The summed E-state index contributed by atoms with van der Waals surface area (Å²) >= 11 is 7.25. The fourth-order valence-corrected chi connectivity index (χ4v) is 23.9. The van der Waals surface area contributed by atoms with Crippen LogP contribution in [0.5, 0.6) is 0 Å². The predicted molar refractivity (Wildman–Crippen MR) is 443 cm³/mol. The molecule has 0 fully saturated rings. The summed E-state index contributed by atoms with van der Waals surface area (Å²) in [5, 5.41) is 20.3. The maximum absolute atomic E-state index is 10.1. The Morgan fingerprint density at radius 3 is 1.25 bits per heavy atom. The van der Waals surface area contributed by atoms with Gasteiger partial charge in [0, 0.05) is 63.1 Å². The Morgan fingerprint density at radius 2 is 0.755 bits per heavy atom. The Morgan fingerprint density at radius 1 is 0.373 bits per heavy atom. The van der Waals surface area contributed by atoms with Gasteiger partial charge in [0.1, 0.15) is 11.6 Å². The fourth-order valence-electron chi connectivity index (χ4n) is 15.1. The number of aromatic nitrogens is 4. The van der Waals surface area contributed by atoms with Crippen molar-refractivity contribution < 1.29 is 36.1 Å². The Bertz CT molecular complexity index is 5630. The van der Waals surface area contributed by atoms with Crippen LogP contribution < -0.4 is 44.9 Å². The molecule has 18 rings (SSSR count). The molecule has 0 saturated heterocycles. The third-order valence-electron chi connectivity index (χ3n) is 17.8. The summed E-state index contributed by atoms with van der Waals surface area (Å²) in [5.74, 6) is 1.95. The van der Waals surface area contributed by atoms with Crippen molar-refractivity contribution in [3.63, 3.8) is 0 Å². The van der Waals surface area contributed by atoms with Crippen LogP contribution in [0.1, 0.15) is 84.5 Å². The molecule has 0 spiro atoms. The molecule has 102 heavy (non-hydrogen) atoms. The van der Waals surface area contributed by atoms with Crippen LogP contribution in [0.4, 0.5) is 28.4 Å². The fraction of sp³-hybridized carbons (Fsp3) is 0.178. The van der Waals surface area contributed by atoms with Crippen LogP contribution >= 0.6 is 46.5 Å². The first-order valence-corrected chi connectivity index (χ1v) is 38.3. The van der Waals surface area contributed by atoms with Gasteiger partial charge in [0.2, 0.25) is 0 Å². The van der Waals surface area contributed by atoms with Gasteiger partial charge in [-0.25, -0.2) is 9.97 Å². The molecule has 12 heteroatoms. The normalized spacial score (nSPS) is 12.3. The van der Waals surface area contributed by atoms with E-state index in [9.17, 15) is 5.11 Å². The number of hydrogen-bond acceptors (Lipinski definition) is 7. The van der Waals surface area contributed by atoms with Crippen molar-refractivity contribution in [2.24, 2.45) is 0 Å². The minimum absolute atomic E-state index is 0. The smallest absolute Gasteiger partial charge is 0.850 e. The van der Waals surface area contributed by atoms with Gasteiger partial charge in [-0.2, -0.15) is 0 Å². The van der Waals surface area contributed by atoms with Crippen molar-refractivity contribution in [2.45, 2.75) is 104 Å². The van der Waals surface area contributed by atoms with Gasteiger partial charge in [0.05, 0.1) is 56.2 Å². The Labute approximate surface area is 641 Å². The number of hydrogen-bond donors (Lipinski definition) is 1. The first kappa shape index (κ1) is 71.9. The second kappa shape index (κ2) is 29.3. The number of halogens is 1. The van der Waals surface area contributed by atoms with Crippen LogP contribution in [0.15, 0.2) is 284 Å². The molecule has 16 aromatic rings. The van der Waals surface area contributed by atoms with Crippen LogP contribution in [0.2, 0.25) is 0 Å². The Hall–Kier alpha value is -8.51. The van der Waals surface area contributed by atoms with E-state index in [0.29, 0.717) is 15.5 Å². The first-order valence-electron chi connectivity index (χ1n) is 34.5. The summed E-state index contributed by atoms with van der Waals surface area (Å²) in [6.45, 7) is 26.4. The van der Waals surface area contributed by atoms with Crippen LogP contribution in [0.25, 0.3) is 119 Å². The number of rotatable bonds is 5. The molecule has 506 valence electrons. The zero-order valence-electron chi connectivity index (χ0n) is 60.3. The van der Waals surface area contributed by atoms with Crippen molar-refractivity contribution in [1.29, 1.82) is 0 Å². The number of nitrogens with one attached hydrogen (secondary N) is 1. The average molecular weight is 1470 g/mol. The molecule has 0 saturated carbocycles. The van der Waals surface area contributed by atoms with Crippen LogP contribution in [-0.4, -0.2) is 40.2 Å². The molecule has 0 amide bonds. The van der Waals surface area contributed by atoms with E-state index in [1.165, 1.54) is 62.6 Å². The SMILES string of the molecule is Brc1ccc(-c2cccc3c2sc2ccccc23)cc1.CC(C)(C)P(C(C)(C)C)C(C)(C)C.CC(C)(C)[O-].[2HH].[Na+].c1ccc(-c2nc3cccc4c3n2-c2ccccc2N4)cc1.c1ccc(-c2nc3cccc4c3n2-c2ccccc2N4c2ccc(-c3cccc4c3sc3ccccc34)cc2)cc1. The van der Waals surface area contributed by atoms with E-state index in [2.05, 4.69) is 358 Å². The van der Waals surface area contributed by atoms with Crippen molar-refractivity contribution >= 4 is 137 Å². The second-order valence-corrected chi connectivity index (χ2v) is 37.3. The van der Waals surface area contributed by atoms with Gasteiger partial charge in [0.15, 0.2) is 0 Å². The summed E-state index contributed by atoms with van der Waals surface area (Å²) in [7, 11) is 0.0162. The molecule has 6 heterocycles. The van der Waals surface area contributed by atoms with E-state index in [1.54, 1.807) is 20.8 Å². The zero-order chi connectivity index (χ0) is 70.5. The van der Waals surface area contributed by atoms with Crippen LogP contribution in [0.3, 0.4) is 0 Å². The summed E-state index contributed by atoms with van der Waals surface area (Å²) in [6.07, 6.45) is 0. The first-order chi connectivity index (χ1) is 48.5. The molecule has 7 nitrogen and oxygen atoms in total. The molecule has 0 atom stereocenters. The van der Waals surface area contributed by atoms with E-state index < -0.39 is 5.60 Å². The largest absolute Gasteiger partial charge is 1.00 e. The van der Waals surface area contributed by atoms with Crippen molar-refractivity contribution in [3.05, 3.63) is 284 Å². The molecule has 0 unspecified atom stereocenters. The van der Waals surface area contributed by atoms with Gasteiger partial charge in [0.25, 0.3) is 0 Å². The number of nitrogens with zero attached hydrogens (tertiary/aromatic N) is 5. The number of benzene rings is 12. The van der Waals surface area contributed by atoms with Gasteiger partial charge in [-0.1, -0.05) is 301 Å². The van der Waals surface area contributed by atoms with Gasteiger partial charge in [-0.15, -0.1) is 28.3 Å². The summed E-state index contributed by atoms with van der Waals surface area (Å²) in [6, 6.07) is 98.6. The van der Waals surface area contributed by atoms with E-state index in [0.717, 1.165) is 89.1 Å². The van der Waals surface area contributed by atoms with Gasteiger partial charge in [-0.3, -0.25) is 9.13 Å². The predicted octanol–water partition coefficient (Wildman–Crippen LogP) is 24.0. The van der Waals surface area contributed by atoms with Crippen LogP contribution in [-0.2, 0) is 0 Å². The summed E-state index contributed by atoms with van der Waals surface area (Å²) in [5.41, 5.74) is 18.7. The van der Waals surface area contributed by atoms with Crippen molar-refractivity contribution in [2.75, 3.05) is 10.2 Å². The van der Waals surface area contributed by atoms with E-state index in [1.807, 2.05) is 40.9 Å². The van der Waals surface area contributed by atoms with Gasteiger partial charge < -0.3 is 15.3 Å². The maximum atomic E-state index is 10.1. The summed E-state index contributed by atoms with van der Waals surface area (Å²) in [4.78, 5) is 12.4. The minimum Gasteiger partial charge on any atom is -0.850 e. The number of fused-ring (bicyclic) bond motifs is 10. The quantitative estimate of drug-likeness (QED) is 0.137. The molecule has 0 radical (unpaired) electrons. The monoisotopic (exact) mass is 1460 g/mol. The number of thiophene rings is 2. The molecule has 0 bridgehead atoms. The molecule has 4 aromatic heterocycles. The number of imidazole rings is 2. The van der Waals surface area contributed by atoms with Crippen molar-refractivity contribution in [1.82, 2.24) is 19.1 Å². The molecular weight excluding hydrogens is 1380 g/mol. The Kier molecular flexibility index (Phi) is 20.7. The number of anilines is 5. The molecule has 2 aliphatic rings. The third kappa shape index (κ3) is 14.7. The Balaban J connectivity index is 0.000000137. The molecule has 1 N–H and O–H groups in total. The average Bonchev–Trinajstić information content (AvgIpc) is 1.64. The maximum Gasteiger partial charge on any atom is 1.00 e. The summed E-state index contributed by atoms with van der Waals surface area (Å²) < 4.78 is 11.1. The number of para-hydroxylation sites is 6. The molecule has 12 aromatic carbocycles. The molecular formula is C90H85BrN6NaOPS2. The van der Waals surface area contributed by atoms with E-state index >= 15 is 0 Å². The standard InChI is InChI=1S/C37H23N3S.C19H13N3.C18H11BrS.C12H27P.C4H9O.Na.H2/c1-2-10-25(11-3-1)37-38-30-15-9-18-33-35(30)40(37)32-17-6-5-16-31(32)39(33)26-22-20-24(21-23-26)27-13-8-14-29-28-12-4-7-19-34(28)41-36(27)29;1-2-7-13(8-3-1)19-21-16-11-6-10-15-18(16)22(19)17-12-5-4-9-14(17)20-15;19-13-10-8-12(9-11-13)14-5-3-6-16-15-4-1-2-7-17(15)20-18(14)16;1-10(2,3)13(11(4,5)6)12(7,8)9;1-4(2,3)5;;/h1-23H;1-12,20H;1-11H;1-9H3;1-3H3;;1H/q;;;;-1;+1;/i;;;;;;1+1. The van der Waals surface area contributed by atoms with Crippen molar-refractivity contribution in [3.8, 4) is 56.4 Å². The van der Waals surface area contributed by atoms with E-state index in [-0.39, 0.29) is 38.9 Å². The third-order valence-corrected chi connectivity index (χ3v) is 24.8. The second-order valence-electron chi connectivity index (χ2n) is 29.6. The van der Waals surface area contributed by atoms with Gasteiger partial charge in [-0.05, 0) is 123 Å². The van der Waals surface area contributed by atoms with Crippen LogP contribution in [0, 0.1) is 0 Å². The molecule has 2 aliphatic heterocycles.